The van der Waals surface area contributed by atoms with Gasteiger partial charge in [-0.2, -0.15) is 0 Å². The highest BCUT2D eigenvalue weighted by Gasteiger charge is 2.40. The van der Waals surface area contributed by atoms with E-state index in [0.717, 1.165) is 6.07 Å². The second kappa shape index (κ2) is 8.81. The zero-order valence-corrected chi connectivity index (χ0v) is 18.6. The molecule has 1 aromatic rings. The number of sulfone groups is 1. The highest BCUT2D eigenvalue weighted by molar-refractivity contribution is 14.0. The minimum Gasteiger partial charge on any atom is -0.356 e. The summed E-state index contributed by atoms with van der Waals surface area (Å²) >= 11 is 0. The number of nitrogens with one attached hydrogen (secondary N) is 1. The minimum atomic E-state index is -3.13. The van der Waals surface area contributed by atoms with Gasteiger partial charge in [0, 0.05) is 38.7 Å². The van der Waals surface area contributed by atoms with E-state index in [1.807, 2.05) is 11.8 Å². The van der Waals surface area contributed by atoms with Gasteiger partial charge in [-0.25, -0.2) is 17.2 Å². The summed E-state index contributed by atoms with van der Waals surface area (Å²) in [7, 11) is -1.50. The van der Waals surface area contributed by atoms with Crippen molar-refractivity contribution in [2.75, 3.05) is 32.4 Å². The molecule has 1 fully saturated rings. The van der Waals surface area contributed by atoms with Crippen molar-refractivity contribution < 1.29 is 17.2 Å². The fourth-order valence-electron chi connectivity index (χ4n) is 2.91. The molecule has 1 aromatic carbocycles. The lowest BCUT2D eigenvalue weighted by Crippen LogP contribution is -2.57. The molecular formula is C17H26F2IN3O2S. The lowest BCUT2D eigenvalue weighted by Gasteiger charge is -2.39. The molecule has 1 aliphatic rings. The van der Waals surface area contributed by atoms with Crippen LogP contribution in [0.15, 0.2) is 23.2 Å². The summed E-state index contributed by atoms with van der Waals surface area (Å²) in [5.74, 6) is -0.720. The van der Waals surface area contributed by atoms with Crippen LogP contribution in [-0.4, -0.2) is 56.5 Å². The number of rotatable bonds is 3. The van der Waals surface area contributed by atoms with E-state index < -0.39 is 26.2 Å². The molecule has 0 saturated carbocycles. The summed E-state index contributed by atoms with van der Waals surface area (Å²) in [6.07, 6.45) is 0. The first-order chi connectivity index (χ1) is 11.6. The Hall–Kier alpha value is -0.970. The number of halogens is 3. The first-order valence-electron chi connectivity index (χ1n) is 8.20. The van der Waals surface area contributed by atoms with Crippen molar-refractivity contribution in [3.8, 4) is 0 Å². The predicted molar refractivity (Wildman–Crippen MR) is 111 cm³/mol. The smallest absolute Gasteiger partial charge is 0.193 e. The van der Waals surface area contributed by atoms with Crippen LogP contribution in [0.5, 0.6) is 0 Å². The highest BCUT2D eigenvalue weighted by atomic mass is 127. The third-order valence-corrected chi connectivity index (χ3v) is 7.15. The third-order valence-electron chi connectivity index (χ3n) is 4.61. The first-order valence-corrected chi connectivity index (χ1v) is 9.85. The van der Waals surface area contributed by atoms with Crippen LogP contribution in [-0.2, 0) is 9.84 Å². The molecule has 1 atom stereocenters. The SMILES string of the molecule is CN=C(NCC(C)c1ccc(F)cc1F)N1CCS(=O)(=O)C(C)(C)C1.I. The van der Waals surface area contributed by atoms with E-state index in [1.165, 1.54) is 12.1 Å². The Morgan fingerprint density at radius 1 is 1.38 bits per heavy atom. The molecule has 0 aromatic heterocycles. The third kappa shape index (κ3) is 5.05. The number of aliphatic imine (C=N–C) groups is 1. The minimum absolute atomic E-state index is 0. The normalized spacial score (nSPS) is 20.2. The van der Waals surface area contributed by atoms with Gasteiger partial charge in [0.15, 0.2) is 15.8 Å². The van der Waals surface area contributed by atoms with E-state index in [4.69, 9.17) is 0 Å². The Balaban J connectivity index is 0.00000338. The lowest BCUT2D eigenvalue weighted by atomic mass is 10.0. The van der Waals surface area contributed by atoms with Crippen molar-refractivity contribution in [2.24, 2.45) is 4.99 Å². The number of nitrogens with zero attached hydrogens (tertiary/aromatic N) is 2. The maximum Gasteiger partial charge on any atom is 0.193 e. The van der Waals surface area contributed by atoms with Gasteiger partial charge in [0.05, 0.1) is 10.5 Å². The molecule has 0 aliphatic carbocycles. The van der Waals surface area contributed by atoms with E-state index in [0.29, 0.717) is 31.2 Å². The number of guanidine groups is 1. The first kappa shape index (κ1) is 23.1. The van der Waals surface area contributed by atoms with Crippen molar-refractivity contribution in [1.29, 1.82) is 0 Å². The molecular weight excluding hydrogens is 475 g/mol. The van der Waals surface area contributed by atoms with Gasteiger partial charge in [0.1, 0.15) is 11.6 Å². The molecule has 1 aliphatic heterocycles. The molecule has 2 rings (SSSR count). The molecule has 1 N–H and O–H groups in total. The predicted octanol–water partition coefficient (Wildman–Crippen LogP) is 2.77. The molecule has 9 heteroatoms. The Bertz CT molecular complexity index is 769. The topological polar surface area (TPSA) is 61.8 Å². The Labute approximate surface area is 171 Å². The largest absolute Gasteiger partial charge is 0.356 e. The van der Waals surface area contributed by atoms with Gasteiger partial charge in [-0.1, -0.05) is 13.0 Å². The van der Waals surface area contributed by atoms with Crippen molar-refractivity contribution in [3.63, 3.8) is 0 Å². The van der Waals surface area contributed by atoms with E-state index in [-0.39, 0.29) is 35.6 Å². The van der Waals surface area contributed by atoms with E-state index in [9.17, 15) is 17.2 Å². The van der Waals surface area contributed by atoms with Crippen molar-refractivity contribution in [1.82, 2.24) is 10.2 Å². The number of benzene rings is 1. The Morgan fingerprint density at radius 2 is 2.04 bits per heavy atom. The highest BCUT2D eigenvalue weighted by Crippen LogP contribution is 2.24. The van der Waals surface area contributed by atoms with Crippen molar-refractivity contribution in [2.45, 2.75) is 31.4 Å². The van der Waals surface area contributed by atoms with Gasteiger partial charge in [-0.05, 0) is 25.5 Å². The van der Waals surface area contributed by atoms with Crippen LogP contribution >= 0.6 is 24.0 Å². The van der Waals surface area contributed by atoms with Crippen LogP contribution in [0.1, 0.15) is 32.3 Å². The average molecular weight is 501 g/mol. The van der Waals surface area contributed by atoms with Gasteiger partial charge in [-0.15, -0.1) is 24.0 Å². The van der Waals surface area contributed by atoms with Crippen LogP contribution in [0.4, 0.5) is 8.78 Å². The summed E-state index contributed by atoms with van der Waals surface area (Å²) in [5.41, 5.74) is 0.422. The van der Waals surface area contributed by atoms with Crippen LogP contribution in [0.25, 0.3) is 0 Å². The van der Waals surface area contributed by atoms with Crippen molar-refractivity contribution in [3.05, 3.63) is 35.4 Å². The maximum absolute atomic E-state index is 13.9. The standard InChI is InChI=1S/C17H25F2N3O2S.HI/c1-12(14-6-5-13(18)9-15(14)19)10-21-16(20-4)22-7-8-25(23,24)17(2,3)11-22;/h5-6,9,12H,7-8,10-11H2,1-4H3,(H,20,21);1H. The molecule has 0 amide bonds. The summed E-state index contributed by atoms with van der Waals surface area (Å²) in [6.45, 7) is 6.36. The second-order valence-electron chi connectivity index (χ2n) is 7.00. The fourth-order valence-corrected chi connectivity index (χ4v) is 4.28. The monoisotopic (exact) mass is 501 g/mol. The second-order valence-corrected chi connectivity index (χ2v) is 9.74. The zero-order valence-electron chi connectivity index (χ0n) is 15.4. The molecule has 1 unspecified atom stereocenters. The average Bonchev–Trinajstić information content (AvgIpc) is 2.51. The van der Waals surface area contributed by atoms with Crippen LogP contribution in [0.2, 0.25) is 0 Å². The van der Waals surface area contributed by atoms with Gasteiger partial charge in [0.25, 0.3) is 0 Å². The molecule has 1 saturated heterocycles. The summed E-state index contributed by atoms with van der Waals surface area (Å²) in [6, 6.07) is 3.55. The van der Waals surface area contributed by atoms with Gasteiger partial charge in [0.2, 0.25) is 0 Å². The number of hydrogen-bond acceptors (Lipinski definition) is 3. The van der Waals surface area contributed by atoms with Gasteiger partial charge >= 0.3 is 0 Å². The zero-order chi connectivity index (χ0) is 18.8. The summed E-state index contributed by atoms with van der Waals surface area (Å²) in [5, 5.41) is 3.17. The molecule has 5 nitrogen and oxygen atoms in total. The quantitative estimate of drug-likeness (QED) is 0.393. The van der Waals surface area contributed by atoms with Crippen LogP contribution < -0.4 is 5.32 Å². The van der Waals surface area contributed by atoms with Crippen LogP contribution in [0.3, 0.4) is 0 Å². The molecule has 148 valence electrons. The van der Waals surface area contributed by atoms with E-state index in [1.54, 1.807) is 20.9 Å². The van der Waals surface area contributed by atoms with Gasteiger partial charge < -0.3 is 10.2 Å². The maximum atomic E-state index is 13.9. The van der Waals surface area contributed by atoms with E-state index >= 15 is 0 Å². The number of hydrogen-bond donors (Lipinski definition) is 1. The van der Waals surface area contributed by atoms with E-state index in [2.05, 4.69) is 10.3 Å². The lowest BCUT2D eigenvalue weighted by molar-refractivity contribution is 0.352. The molecule has 0 spiro atoms. The molecule has 1 heterocycles. The Morgan fingerprint density at radius 3 is 2.58 bits per heavy atom. The Kier molecular flexibility index (Phi) is 7.82. The summed E-state index contributed by atoms with van der Waals surface area (Å²) in [4.78, 5) is 6.11. The summed E-state index contributed by atoms with van der Waals surface area (Å²) < 4.78 is 50.3. The molecule has 0 bridgehead atoms. The van der Waals surface area contributed by atoms with Crippen LogP contribution in [0, 0.1) is 11.6 Å². The molecule has 26 heavy (non-hydrogen) atoms. The molecule has 0 radical (unpaired) electrons. The van der Waals surface area contributed by atoms with Gasteiger partial charge in [-0.3, -0.25) is 4.99 Å². The fraction of sp³-hybridized carbons (Fsp3) is 0.588. The van der Waals surface area contributed by atoms with Crippen molar-refractivity contribution >= 4 is 39.8 Å².